The molecule has 2 amide bonds. The summed E-state index contributed by atoms with van der Waals surface area (Å²) in [4.78, 5) is 35.0. The van der Waals surface area contributed by atoms with Crippen LogP contribution in [0, 0.1) is 5.92 Å². The summed E-state index contributed by atoms with van der Waals surface area (Å²) in [5.74, 6) is -0.103. The number of fused-ring (bicyclic) bond motifs is 1. The van der Waals surface area contributed by atoms with E-state index in [1.807, 2.05) is 13.8 Å². The highest BCUT2D eigenvalue weighted by atomic mass is 16.5. The molecule has 7 heteroatoms. The van der Waals surface area contributed by atoms with E-state index < -0.39 is 5.63 Å². The topological polar surface area (TPSA) is 97.6 Å². The Labute approximate surface area is 161 Å². The maximum absolute atomic E-state index is 12.1. The molecule has 0 saturated heterocycles. The average molecular weight is 380 g/mol. The lowest BCUT2D eigenvalue weighted by molar-refractivity contribution is -0.119. The number of nitrogens with one attached hydrogen (secondary N) is 2. The summed E-state index contributed by atoms with van der Waals surface area (Å²) >= 11 is 0. The fourth-order valence-corrected chi connectivity index (χ4v) is 2.40. The number of anilines is 2. The number of benzene rings is 2. The molecule has 2 aromatic carbocycles. The number of hydrogen-bond acceptors (Lipinski definition) is 5. The van der Waals surface area contributed by atoms with Crippen LogP contribution >= 0.6 is 0 Å². The van der Waals surface area contributed by atoms with E-state index in [-0.39, 0.29) is 24.3 Å². The van der Waals surface area contributed by atoms with Crippen molar-refractivity contribution in [3.8, 4) is 5.75 Å². The van der Waals surface area contributed by atoms with Crippen LogP contribution in [0.25, 0.3) is 11.0 Å². The molecule has 1 heterocycles. The van der Waals surface area contributed by atoms with Crippen molar-refractivity contribution in [2.24, 2.45) is 5.92 Å². The monoisotopic (exact) mass is 380 g/mol. The standard InChI is InChI=1S/C21H20N2O5/c1-13(2)21(26)23-16-7-5-15(6-8-16)22-19(24)12-27-17-9-3-14-4-10-20(25)28-18(14)11-17/h3-11,13H,12H2,1-2H3,(H,22,24)(H,23,26). The molecule has 1 aromatic heterocycles. The van der Waals surface area contributed by atoms with E-state index in [4.69, 9.17) is 9.15 Å². The second-order valence-corrected chi connectivity index (χ2v) is 6.51. The van der Waals surface area contributed by atoms with Crippen molar-refractivity contribution in [1.82, 2.24) is 0 Å². The highest BCUT2D eigenvalue weighted by molar-refractivity contribution is 5.94. The van der Waals surface area contributed by atoms with E-state index in [1.165, 1.54) is 6.07 Å². The summed E-state index contributed by atoms with van der Waals surface area (Å²) in [6.07, 6.45) is 0. The Morgan fingerprint density at radius 1 is 0.964 bits per heavy atom. The van der Waals surface area contributed by atoms with Crippen LogP contribution < -0.4 is 21.0 Å². The number of hydrogen-bond donors (Lipinski definition) is 2. The lowest BCUT2D eigenvalue weighted by Gasteiger charge is -2.10. The van der Waals surface area contributed by atoms with Crippen molar-refractivity contribution in [3.63, 3.8) is 0 Å². The zero-order valence-electron chi connectivity index (χ0n) is 15.5. The first-order valence-corrected chi connectivity index (χ1v) is 8.78. The molecule has 0 aliphatic rings. The molecule has 0 radical (unpaired) electrons. The van der Waals surface area contributed by atoms with Crippen LogP contribution in [0.4, 0.5) is 11.4 Å². The zero-order valence-corrected chi connectivity index (χ0v) is 15.5. The van der Waals surface area contributed by atoms with Crippen LogP contribution in [-0.4, -0.2) is 18.4 Å². The highest BCUT2D eigenvalue weighted by Crippen LogP contribution is 2.19. The summed E-state index contributed by atoms with van der Waals surface area (Å²) in [6.45, 7) is 3.43. The van der Waals surface area contributed by atoms with Gasteiger partial charge in [-0.15, -0.1) is 0 Å². The maximum atomic E-state index is 12.1. The SMILES string of the molecule is CC(C)C(=O)Nc1ccc(NC(=O)COc2ccc3ccc(=O)oc3c2)cc1. The second kappa shape index (κ2) is 8.39. The number of carbonyl (C=O) groups excluding carboxylic acids is 2. The summed E-state index contributed by atoms with van der Waals surface area (Å²) < 4.78 is 10.6. The van der Waals surface area contributed by atoms with Gasteiger partial charge in [-0.05, 0) is 42.5 Å². The molecule has 144 valence electrons. The Kier molecular flexibility index (Phi) is 5.74. The Balaban J connectivity index is 1.55. The Hall–Kier alpha value is -3.61. The van der Waals surface area contributed by atoms with E-state index >= 15 is 0 Å². The molecule has 3 rings (SSSR count). The fourth-order valence-electron chi connectivity index (χ4n) is 2.40. The zero-order chi connectivity index (χ0) is 20.1. The largest absolute Gasteiger partial charge is 0.484 e. The first-order chi connectivity index (χ1) is 13.4. The van der Waals surface area contributed by atoms with Crippen LogP contribution in [0.1, 0.15) is 13.8 Å². The normalized spacial score (nSPS) is 10.7. The van der Waals surface area contributed by atoms with Crippen molar-refractivity contribution < 1.29 is 18.7 Å². The van der Waals surface area contributed by atoms with Crippen molar-refractivity contribution in [1.29, 1.82) is 0 Å². The van der Waals surface area contributed by atoms with Gasteiger partial charge in [0.05, 0.1) is 0 Å². The Morgan fingerprint density at radius 3 is 2.29 bits per heavy atom. The molecule has 0 fully saturated rings. The van der Waals surface area contributed by atoms with Crippen molar-refractivity contribution in [3.05, 3.63) is 65.0 Å². The van der Waals surface area contributed by atoms with Gasteiger partial charge >= 0.3 is 5.63 Å². The van der Waals surface area contributed by atoms with Gasteiger partial charge in [-0.2, -0.15) is 0 Å². The predicted molar refractivity (Wildman–Crippen MR) is 107 cm³/mol. The van der Waals surface area contributed by atoms with Crippen molar-refractivity contribution >= 4 is 34.2 Å². The molecule has 28 heavy (non-hydrogen) atoms. The third-order valence-electron chi connectivity index (χ3n) is 3.93. The van der Waals surface area contributed by atoms with Gasteiger partial charge in [0, 0.05) is 34.8 Å². The van der Waals surface area contributed by atoms with E-state index in [9.17, 15) is 14.4 Å². The van der Waals surface area contributed by atoms with Crippen LogP contribution in [-0.2, 0) is 9.59 Å². The summed E-state index contributed by atoms with van der Waals surface area (Å²) in [5, 5.41) is 6.26. The number of carbonyl (C=O) groups is 2. The average Bonchev–Trinajstić information content (AvgIpc) is 2.67. The summed E-state index contributed by atoms with van der Waals surface area (Å²) in [7, 11) is 0. The molecule has 0 spiro atoms. The molecular formula is C21H20N2O5. The lowest BCUT2D eigenvalue weighted by atomic mass is 10.2. The minimum atomic E-state index is -0.449. The van der Waals surface area contributed by atoms with E-state index in [0.29, 0.717) is 22.7 Å². The molecule has 3 aromatic rings. The molecule has 0 aliphatic carbocycles. The van der Waals surface area contributed by atoms with Crippen LogP contribution in [0.2, 0.25) is 0 Å². The fraction of sp³-hybridized carbons (Fsp3) is 0.190. The minimum Gasteiger partial charge on any atom is -0.484 e. The number of rotatable bonds is 6. The Bertz CT molecular complexity index is 1050. The molecule has 2 N–H and O–H groups in total. The van der Waals surface area contributed by atoms with Gasteiger partial charge in [-0.25, -0.2) is 4.79 Å². The Morgan fingerprint density at radius 2 is 1.61 bits per heavy atom. The van der Waals surface area contributed by atoms with Gasteiger partial charge in [0.2, 0.25) is 5.91 Å². The summed E-state index contributed by atoms with van der Waals surface area (Å²) in [6, 6.07) is 14.8. The highest BCUT2D eigenvalue weighted by Gasteiger charge is 2.08. The van der Waals surface area contributed by atoms with Crippen molar-refractivity contribution in [2.45, 2.75) is 13.8 Å². The number of ether oxygens (including phenoxy) is 1. The van der Waals surface area contributed by atoms with Gasteiger partial charge in [-0.1, -0.05) is 13.8 Å². The minimum absolute atomic E-state index is 0.0728. The third-order valence-corrected chi connectivity index (χ3v) is 3.93. The molecule has 0 unspecified atom stereocenters. The molecule has 0 bridgehead atoms. The summed E-state index contributed by atoms with van der Waals surface area (Å²) in [5.41, 5.74) is 1.19. The van der Waals surface area contributed by atoms with Gasteiger partial charge in [-0.3, -0.25) is 9.59 Å². The van der Waals surface area contributed by atoms with Gasteiger partial charge in [0.25, 0.3) is 5.91 Å². The maximum Gasteiger partial charge on any atom is 0.336 e. The number of amides is 2. The lowest BCUT2D eigenvalue weighted by Crippen LogP contribution is -2.20. The van der Waals surface area contributed by atoms with E-state index in [1.54, 1.807) is 48.5 Å². The first kappa shape index (κ1) is 19.2. The second-order valence-electron chi connectivity index (χ2n) is 6.51. The molecule has 0 saturated carbocycles. The predicted octanol–water partition coefficient (Wildman–Crippen LogP) is 3.41. The smallest absolute Gasteiger partial charge is 0.336 e. The first-order valence-electron chi connectivity index (χ1n) is 8.78. The van der Waals surface area contributed by atoms with Crippen LogP contribution in [0.3, 0.4) is 0 Å². The van der Waals surface area contributed by atoms with Gasteiger partial charge < -0.3 is 19.8 Å². The van der Waals surface area contributed by atoms with Gasteiger partial charge in [0.15, 0.2) is 6.61 Å². The van der Waals surface area contributed by atoms with Crippen molar-refractivity contribution in [2.75, 3.05) is 17.2 Å². The van der Waals surface area contributed by atoms with Crippen LogP contribution in [0.15, 0.2) is 63.8 Å². The quantitative estimate of drug-likeness (QED) is 0.639. The molecule has 7 nitrogen and oxygen atoms in total. The molecule has 0 aliphatic heterocycles. The van der Waals surface area contributed by atoms with E-state index in [0.717, 1.165) is 5.39 Å². The van der Waals surface area contributed by atoms with Gasteiger partial charge in [0.1, 0.15) is 11.3 Å². The molecular weight excluding hydrogens is 360 g/mol. The third kappa shape index (κ3) is 4.97. The van der Waals surface area contributed by atoms with Crippen LogP contribution in [0.5, 0.6) is 5.75 Å². The molecule has 0 atom stereocenters. The van der Waals surface area contributed by atoms with E-state index in [2.05, 4.69) is 10.6 Å².